The van der Waals surface area contributed by atoms with Gasteiger partial charge in [-0.3, -0.25) is 0 Å². The highest BCUT2D eigenvalue weighted by Gasteiger charge is 2.18. The van der Waals surface area contributed by atoms with E-state index in [9.17, 15) is 8.42 Å². The van der Waals surface area contributed by atoms with Crippen LogP contribution in [0.2, 0.25) is 0 Å². The van der Waals surface area contributed by atoms with Crippen LogP contribution >= 0.6 is 11.3 Å². The third-order valence-corrected chi connectivity index (χ3v) is 6.17. The third-order valence-electron chi connectivity index (χ3n) is 3.31. The average molecular weight is 324 g/mol. The van der Waals surface area contributed by atoms with Crippen LogP contribution in [0.25, 0.3) is 0 Å². The van der Waals surface area contributed by atoms with E-state index >= 15 is 0 Å². The molecule has 0 fully saturated rings. The molecule has 0 saturated carbocycles. The van der Waals surface area contributed by atoms with Gasteiger partial charge in [-0.25, -0.2) is 13.4 Å². The lowest BCUT2D eigenvalue weighted by molar-refractivity contribution is 0.557. The lowest BCUT2D eigenvalue weighted by Gasteiger charge is -2.14. The summed E-state index contributed by atoms with van der Waals surface area (Å²) in [5.41, 5.74) is 3.86. The van der Waals surface area contributed by atoms with E-state index in [2.05, 4.69) is 10.3 Å². The van der Waals surface area contributed by atoms with Gasteiger partial charge in [-0.15, -0.1) is 11.3 Å². The molecular weight excluding hydrogens is 304 g/mol. The van der Waals surface area contributed by atoms with Gasteiger partial charge >= 0.3 is 0 Å². The van der Waals surface area contributed by atoms with Crippen LogP contribution in [0.15, 0.2) is 34.7 Å². The molecule has 1 aromatic carbocycles. The van der Waals surface area contributed by atoms with Gasteiger partial charge in [0.25, 0.3) is 0 Å². The van der Waals surface area contributed by atoms with Crippen LogP contribution in [0, 0.1) is 13.8 Å². The second kappa shape index (κ2) is 6.68. The van der Waals surface area contributed by atoms with Crippen molar-refractivity contribution in [1.29, 1.82) is 0 Å². The zero-order chi connectivity index (χ0) is 15.5. The van der Waals surface area contributed by atoms with Gasteiger partial charge in [0.1, 0.15) is 0 Å². The quantitative estimate of drug-likeness (QED) is 0.887. The van der Waals surface area contributed by atoms with Crippen molar-refractivity contribution in [3.8, 4) is 0 Å². The summed E-state index contributed by atoms with van der Waals surface area (Å²) in [6.45, 7) is 6.45. The monoisotopic (exact) mass is 324 g/mol. The van der Waals surface area contributed by atoms with E-state index < -0.39 is 9.84 Å². The number of aryl methyl sites for hydroxylation is 2. The van der Waals surface area contributed by atoms with E-state index in [4.69, 9.17) is 0 Å². The van der Waals surface area contributed by atoms with E-state index in [-0.39, 0.29) is 11.8 Å². The maximum absolute atomic E-state index is 12.3. The molecule has 0 aliphatic carbocycles. The molecule has 2 aromatic rings. The van der Waals surface area contributed by atoms with E-state index in [0.717, 1.165) is 16.1 Å². The minimum Gasteiger partial charge on any atom is -0.308 e. The van der Waals surface area contributed by atoms with Crippen LogP contribution in [-0.2, 0) is 16.4 Å². The molecule has 21 heavy (non-hydrogen) atoms. The van der Waals surface area contributed by atoms with Crippen molar-refractivity contribution >= 4 is 21.2 Å². The summed E-state index contributed by atoms with van der Waals surface area (Å²) in [6.07, 6.45) is 0. The van der Waals surface area contributed by atoms with E-state index in [1.54, 1.807) is 29.0 Å². The predicted octanol–water partition coefficient (Wildman–Crippen LogP) is 2.71. The molecule has 2 rings (SSSR count). The highest BCUT2D eigenvalue weighted by atomic mass is 32.2. The summed E-state index contributed by atoms with van der Waals surface area (Å²) in [7, 11) is -3.25. The zero-order valence-corrected chi connectivity index (χ0v) is 14.1. The SMILES string of the molecule is Cc1ccc(S(=O)(=O)C[C@H](C)NCc2scnc2C)cc1. The van der Waals surface area contributed by atoms with Crippen molar-refractivity contribution in [3.63, 3.8) is 0 Å². The van der Waals surface area contributed by atoms with Crippen molar-refractivity contribution in [2.75, 3.05) is 5.75 Å². The Morgan fingerprint density at radius 2 is 1.90 bits per heavy atom. The maximum atomic E-state index is 12.3. The van der Waals surface area contributed by atoms with Gasteiger partial charge in [0.2, 0.25) is 0 Å². The molecule has 0 aliphatic heterocycles. The molecule has 0 aliphatic rings. The highest BCUT2D eigenvalue weighted by molar-refractivity contribution is 7.91. The van der Waals surface area contributed by atoms with Gasteiger partial charge in [-0.2, -0.15) is 0 Å². The number of nitrogens with one attached hydrogen (secondary N) is 1. The third kappa shape index (κ3) is 4.36. The van der Waals surface area contributed by atoms with Crippen LogP contribution in [0.4, 0.5) is 0 Å². The van der Waals surface area contributed by atoms with Gasteiger partial charge in [-0.05, 0) is 32.9 Å². The largest absolute Gasteiger partial charge is 0.308 e. The molecule has 1 aromatic heterocycles. The van der Waals surface area contributed by atoms with Crippen molar-refractivity contribution in [2.45, 2.75) is 38.3 Å². The van der Waals surface area contributed by atoms with Crippen LogP contribution in [-0.4, -0.2) is 25.2 Å². The lowest BCUT2D eigenvalue weighted by atomic mass is 10.2. The Balaban J connectivity index is 1.96. The Labute approximate surface area is 130 Å². The predicted molar refractivity (Wildman–Crippen MR) is 86.4 cm³/mol. The highest BCUT2D eigenvalue weighted by Crippen LogP contribution is 2.14. The molecule has 4 nitrogen and oxygen atoms in total. The number of hydrogen-bond acceptors (Lipinski definition) is 5. The van der Waals surface area contributed by atoms with Crippen molar-refractivity contribution < 1.29 is 8.42 Å². The fourth-order valence-corrected chi connectivity index (χ4v) is 4.24. The fraction of sp³-hybridized carbons (Fsp3) is 0.400. The average Bonchev–Trinajstić information content (AvgIpc) is 2.82. The van der Waals surface area contributed by atoms with Crippen molar-refractivity contribution in [1.82, 2.24) is 10.3 Å². The summed E-state index contributed by atoms with van der Waals surface area (Å²) in [5.74, 6) is 0.0912. The van der Waals surface area contributed by atoms with E-state index in [0.29, 0.717) is 11.4 Å². The first-order valence-corrected chi connectivity index (χ1v) is 9.33. The van der Waals surface area contributed by atoms with Crippen LogP contribution in [0.3, 0.4) is 0 Å². The smallest absolute Gasteiger partial charge is 0.179 e. The molecule has 6 heteroatoms. The van der Waals surface area contributed by atoms with E-state index in [1.807, 2.05) is 32.9 Å². The van der Waals surface area contributed by atoms with E-state index in [1.165, 1.54) is 0 Å². The fourth-order valence-electron chi connectivity index (χ4n) is 1.99. The van der Waals surface area contributed by atoms with Gasteiger partial charge in [-0.1, -0.05) is 17.7 Å². The summed E-state index contributed by atoms with van der Waals surface area (Å²) in [5, 5.41) is 3.25. The molecule has 0 radical (unpaired) electrons. The Hall–Kier alpha value is -1.24. The van der Waals surface area contributed by atoms with Crippen molar-refractivity contribution in [2.24, 2.45) is 0 Å². The Bertz CT molecular complexity index is 691. The van der Waals surface area contributed by atoms with Crippen LogP contribution < -0.4 is 5.32 Å². The number of nitrogens with zero attached hydrogens (tertiary/aromatic N) is 1. The summed E-state index contributed by atoms with van der Waals surface area (Å²) in [4.78, 5) is 5.72. The number of sulfone groups is 1. The molecule has 114 valence electrons. The first-order valence-electron chi connectivity index (χ1n) is 6.80. The molecule has 0 bridgehead atoms. The first-order chi connectivity index (χ1) is 9.88. The minimum absolute atomic E-state index is 0.0912. The molecule has 1 atom stereocenters. The number of hydrogen-bond donors (Lipinski definition) is 1. The Morgan fingerprint density at radius 1 is 1.24 bits per heavy atom. The number of thiazole rings is 1. The lowest BCUT2D eigenvalue weighted by Crippen LogP contribution is -2.32. The molecule has 0 spiro atoms. The Morgan fingerprint density at radius 3 is 2.48 bits per heavy atom. The summed E-state index contributed by atoms with van der Waals surface area (Å²) in [6, 6.07) is 6.88. The van der Waals surface area contributed by atoms with Crippen LogP contribution in [0.1, 0.15) is 23.1 Å². The molecule has 0 saturated heterocycles. The number of benzene rings is 1. The topological polar surface area (TPSA) is 59.1 Å². The molecular formula is C15H20N2O2S2. The Kier molecular flexibility index (Phi) is 5.13. The second-order valence-electron chi connectivity index (χ2n) is 5.24. The van der Waals surface area contributed by atoms with Crippen LogP contribution in [0.5, 0.6) is 0 Å². The molecule has 1 heterocycles. The molecule has 1 N–H and O–H groups in total. The van der Waals surface area contributed by atoms with Gasteiger partial charge in [0, 0.05) is 17.5 Å². The molecule has 0 amide bonds. The van der Waals surface area contributed by atoms with Gasteiger partial charge in [0.15, 0.2) is 9.84 Å². The zero-order valence-electron chi connectivity index (χ0n) is 12.5. The summed E-state index contributed by atoms with van der Waals surface area (Å²) >= 11 is 1.58. The van der Waals surface area contributed by atoms with Gasteiger partial charge in [0.05, 0.1) is 21.9 Å². The second-order valence-corrected chi connectivity index (χ2v) is 8.21. The number of aromatic nitrogens is 1. The minimum atomic E-state index is -3.25. The number of rotatable bonds is 6. The molecule has 0 unspecified atom stereocenters. The summed E-state index contributed by atoms with van der Waals surface area (Å²) < 4.78 is 24.7. The van der Waals surface area contributed by atoms with Gasteiger partial charge < -0.3 is 5.32 Å². The normalized spacial score (nSPS) is 13.3. The first kappa shape index (κ1) is 16.1. The maximum Gasteiger partial charge on any atom is 0.179 e. The van der Waals surface area contributed by atoms with Crippen molar-refractivity contribution in [3.05, 3.63) is 45.9 Å². The standard InChI is InChI=1S/C15H20N2O2S2/c1-11-4-6-14(7-5-11)21(18,19)9-12(2)16-8-15-13(3)17-10-20-15/h4-7,10,12,16H,8-9H2,1-3H3/t12-/m0/s1.